The summed E-state index contributed by atoms with van der Waals surface area (Å²) < 4.78 is 7.42. The summed E-state index contributed by atoms with van der Waals surface area (Å²) in [7, 11) is 0. The molecule has 0 saturated carbocycles. The maximum absolute atomic E-state index is 12.1. The molecule has 5 nitrogen and oxygen atoms in total. The van der Waals surface area contributed by atoms with E-state index in [9.17, 15) is 4.79 Å². The fourth-order valence-corrected chi connectivity index (χ4v) is 3.17. The number of furan rings is 1. The number of hydrogen-bond acceptors (Lipinski definition) is 4. The third-order valence-electron chi connectivity index (χ3n) is 3.62. The second-order valence-corrected chi connectivity index (χ2v) is 6.48. The number of aromatic nitrogens is 2. The zero-order chi connectivity index (χ0) is 16.9. The Kier molecular flexibility index (Phi) is 4.96. The van der Waals surface area contributed by atoms with Crippen molar-refractivity contribution in [2.24, 2.45) is 0 Å². The van der Waals surface area contributed by atoms with E-state index >= 15 is 0 Å². The molecule has 124 valence electrons. The Hall–Kier alpha value is -2.60. The molecule has 0 fully saturated rings. The van der Waals surface area contributed by atoms with Crippen LogP contribution in [0.15, 0.2) is 52.5 Å². The normalized spacial score (nSPS) is 12.6. The number of nitrogens with zero attached hydrogens (tertiary/aromatic N) is 2. The topological polar surface area (TPSA) is 60.1 Å². The van der Waals surface area contributed by atoms with Gasteiger partial charge in [0.25, 0.3) is 0 Å². The Morgan fingerprint density at radius 1 is 1.42 bits per heavy atom. The van der Waals surface area contributed by atoms with E-state index in [1.54, 1.807) is 23.7 Å². The van der Waals surface area contributed by atoms with Gasteiger partial charge in [0.2, 0.25) is 5.91 Å². The SMILES string of the molecule is Cc1cc(C)n(C(CNC(=O)/C=C/c2cccs2)c2ccco2)n1. The Bertz CT molecular complexity index is 817. The molecular weight excluding hydrogens is 322 g/mol. The van der Waals surface area contributed by atoms with Crippen LogP contribution in [0.5, 0.6) is 0 Å². The second-order valence-electron chi connectivity index (χ2n) is 5.50. The molecule has 1 N–H and O–H groups in total. The van der Waals surface area contributed by atoms with E-state index in [0.717, 1.165) is 22.0 Å². The lowest BCUT2D eigenvalue weighted by atomic mass is 10.2. The van der Waals surface area contributed by atoms with Gasteiger partial charge < -0.3 is 9.73 Å². The van der Waals surface area contributed by atoms with Crippen LogP contribution in [0.3, 0.4) is 0 Å². The first-order chi connectivity index (χ1) is 11.6. The maximum atomic E-state index is 12.1. The number of rotatable bonds is 6. The van der Waals surface area contributed by atoms with Crippen LogP contribution in [0, 0.1) is 13.8 Å². The van der Waals surface area contributed by atoms with Gasteiger partial charge in [-0.15, -0.1) is 11.3 Å². The Morgan fingerprint density at radius 3 is 2.92 bits per heavy atom. The van der Waals surface area contributed by atoms with Crippen LogP contribution >= 0.6 is 11.3 Å². The predicted octanol–water partition coefficient (Wildman–Crippen LogP) is 3.57. The number of hydrogen-bond donors (Lipinski definition) is 1. The van der Waals surface area contributed by atoms with E-state index in [2.05, 4.69) is 10.4 Å². The van der Waals surface area contributed by atoms with Crippen molar-refractivity contribution in [3.8, 4) is 0 Å². The summed E-state index contributed by atoms with van der Waals surface area (Å²) in [6.45, 7) is 4.35. The second kappa shape index (κ2) is 7.31. The number of carbonyl (C=O) groups is 1. The highest BCUT2D eigenvalue weighted by Gasteiger charge is 2.20. The first-order valence-electron chi connectivity index (χ1n) is 7.69. The molecular formula is C18H19N3O2S. The van der Waals surface area contributed by atoms with E-state index in [1.165, 1.54) is 0 Å². The van der Waals surface area contributed by atoms with Crippen molar-refractivity contribution in [2.45, 2.75) is 19.9 Å². The summed E-state index contributed by atoms with van der Waals surface area (Å²) in [5, 5.41) is 9.43. The first kappa shape index (κ1) is 16.3. The molecule has 24 heavy (non-hydrogen) atoms. The number of nitrogens with one attached hydrogen (secondary N) is 1. The Balaban J connectivity index is 1.71. The van der Waals surface area contributed by atoms with Gasteiger partial charge in [-0.25, -0.2) is 0 Å². The molecule has 1 unspecified atom stereocenters. The maximum Gasteiger partial charge on any atom is 0.244 e. The highest BCUT2D eigenvalue weighted by molar-refractivity contribution is 7.10. The molecule has 0 aliphatic rings. The van der Waals surface area contributed by atoms with E-state index < -0.39 is 0 Å². The van der Waals surface area contributed by atoms with Gasteiger partial charge in [0.1, 0.15) is 11.8 Å². The molecule has 3 aromatic rings. The highest BCUT2D eigenvalue weighted by Crippen LogP contribution is 2.20. The van der Waals surface area contributed by atoms with Crippen molar-refractivity contribution in [1.82, 2.24) is 15.1 Å². The van der Waals surface area contributed by atoms with Crippen molar-refractivity contribution >= 4 is 23.3 Å². The molecule has 1 atom stereocenters. The number of thiophene rings is 1. The molecule has 0 aliphatic heterocycles. The van der Waals surface area contributed by atoms with E-state index in [-0.39, 0.29) is 11.9 Å². The Morgan fingerprint density at radius 2 is 2.29 bits per heavy atom. The third kappa shape index (κ3) is 3.83. The molecule has 1 amide bonds. The van der Waals surface area contributed by atoms with Gasteiger partial charge in [-0.2, -0.15) is 5.10 Å². The van der Waals surface area contributed by atoms with Gasteiger partial charge in [-0.3, -0.25) is 9.48 Å². The van der Waals surface area contributed by atoms with Gasteiger partial charge >= 0.3 is 0 Å². The van der Waals surface area contributed by atoms with Crippen LogP contribution in [0.2, 0.25) is 0 Å². The number of carbonyl (C=O) groups excluding carboxylic acids is 1. The van der Waals surface area contributed by atoms with Crippen molar-refractivity contribution in [3.05, 3.63) is 70.1 Å². The molecule has 3 rings (SSSR count). The summed E-state index contributed by atoms with van der Waals surface area (Å²) in [6, 6.07) is 9.50. The van der Waals surface area contributed by atoms with E-state index in [4.69, 9.17) is 4.42 Å². The molecule has 0 aliphatic carbocycles. The molecule has 0 spiro atoms. The van der Waals surface area contributed by atoms with Crippen molar-refractivity contribution in [2.75, 3.05) is 6.54 Å². The molecule has 0 aromatic carbocycles. The van der Waals surface area contributed by atoms with Gasteiger partial charge in [-0.1, -0.05) is 6.07 Å². The fraction of sp³-hybridized carbons (Fsp3) is 0.222. The largest absolute Gasteiger partial charge is 0.467 e. The molecule has 0 bridgehead atoms. The lowest BCUT2D eigenvalue weighted by Gasteiger charge is -2.17. The van der Waals surface area contributed by atoms with Gasteiger partial charge in [0, 0.05) is 23.2 Å². The molecule has 3 aromatic heterocycles. The molecule has 0 radical (unpaired) electrons. The molecule has 0 saturated heterocycles. The smallest absolute Gasteiger partial charge is 0.244 e. The average molecular weight is 341 g/mol. The third-order valence-corrected chi connectivity index (χ3v) is 4.46. The summed E-state index contributed by atoms with van der Waals surface area (Å²) >= 11 is 1.59. The van der Waals surface area contributed by atoms with Gasteiger partial charge in [-0.05, 0) is 49.6 Å². The summed E-state index contributed by atoms with van der Waals surface area (Å²) in [6.07, 6.45) is 4.99. The first-order valence-corrected chi connectivity index (χ1v) is 8.57. The highest BCUT2D eigenvalue weighted by atomic mass is 32.1. The fourth-order valence-electron chi connectivity index (χ4n) is 2.55. The number of aryl methyl sites for hydroxylation is 2. The van der Waals surface area contributed by atoms with Crippen LogP contribution < -0.4 is 5.32 Å². The predicted molar refractivity (Wildman–Crippen MR) is 94.9 cm³/mol. The lowest BCUT2D eigenvalue weighted by molar-refractivity contribution is -0.116. The summed E-state index contributed by atoms with van der Waals surface area (Å²) in [5.74, 6) is 0.630. The van der Waals surface area contributed by atoms with E-state index in [0.29, 0.717) is 6.54 Å². The van der Waals surface area contributed by atoms with Crippen molar-refractivity contribution in [3.63, 3.8) is 0 Å². The average Bonchev–Trinajstić information content (AvgIpc) is 3.29. The number of amides is 1. The van der Waals surface area contributed by atoms with Crippen LogP contribution in [0.4, 0.5) is 0 Å². The molecule has 3 heterocycles. The Labute approximate surface area is 144 Å². The van der Waals surface area contributed by atoms with Crippen LogP contribution in [-0.2, 0) is 4.79 Å². The molecule has 6 heteroatoms. The quantitative estimate of drug-likeness (QED) is 0.697. The minimum Gasteiger partial charge on any atom is -0.467 e. The lowest BCUT2D eigenvalue weighted by Crippen LogP contribution is -2.31. The summed E-state index contributed by atoms with van der Waals surface area (Å²) in [4.78, 5) is 13.1. The van der Waals surface area contributed by atoms with Crippen molar-refractivity contribution < 1.29 is 9.21 Å². The minimum absolute atomic E-state index is 0.138. The summed E-state index contributed by atoms with van der Waals surface area (Å²) in [5.41, 5.74) is 1.96. The standard InChI is InChI=1S/C18H19N3O2S/c1-13-11-14(2)21(20-13)16(17-6-3-9-23-17)12-19-18(22)8-7-15-5-4-10-24-15/h3-11,16H,12H2,1-2H3,(H,19,22)/b8-7+. The van der Waals surface area contributed by atoms with Gasteiger partial charge in [0.15, 0.2) is 0 Å². The van der Waals surface area contributed by atoms with Crippen molar-refractivity contribution in [1.29, 1.82) is 0 Å². The zero-order valence-electron chi connectivity index (χ0n) is 13.6. The zero-order valence-corrected chi connectivity index (χ0v) is 14.4. The van der Waals surface area contributed by atoms with Crippen LogP contribution in [0.1, 0.15) is 28.1 Å². The monoisotopic (exact) mass is 341 g/mol. The van der Waals surface area contributed by atoms with Crippen LogP contribution in [-0.4, -0.2) is 22.2 Å². The minimum atomic E-state index is -0.173. The van der Waals surface area contributed by atoms with E-state index in [1.807, 2.05) is 60.3 Å². The van der Waals surface area contributed by atoms with Crippen LogP contribution in [0.25, 0.3) is 6.08 Å². The van der Waals surface area contributed by atoms with Gasteiger partial charge in [0.05, 0.1) is 12.0 Å².